The fourth-order valence-corrected chi connectivity index (χ4v) is 4.65. The van der Waals surface area contributed by atoms with Crippen LogP contribution in [0.25, 0.3) is 16.6 Å². The van der Waals surface area contributed by atoms with Gasteiger partial charge in [-0.05, 0) is 18.6 Å². The van der Waals surface area contributed by atoms with Gasteiger partial charge in [-0.2, -0.15) is 0 Å². The molecule has 2 aliphatic heterocycles. The molecule has 1 saturated heterocycles. The maximum atomic E-state index is 14.7. The molecule has 3 atom stereocenters. The summed E-state index contributed by atoms with van der Waals surface area (Å²) in [6.07, 6.45) is 0.864. The summed E-state index contributed by atoms with van der Waals surface area (Å²) in [5, 5.41) is 7.01. The summed E-state index contributed by atoms with van der Waals surface area (Å²) in [7, 11) is 1.64. The molecule has 0 unspecified atom stereocenters. The first kappa shape index (κ1) is 22.5. The first-order valence-electron chi connectivity index (χ1n) is 11.1. The van der Waals surface area contributed by atoms with E-state index >= 15 is 0 Å². The minimum absolute atomic E-state index is 0.00567. The van der Waals surface area contributed by atoms with Crippen LogP contribution in [0.4, 0.5) is 19.0 Å². The topological polar surface area (TPSA) is 81.1 Å². The zero-order valence-corrected chi connectivity index (χ0v) is 18.7. The third-order valence-corrected chi connectivity index (χ3v) is 6.38. The smallest absolute Gasteiger partial charge is 0.266 e. The maximum absolute atomic E-state index is 14.7. The van der Waals surface area contributed by atoms with Crippen molar-refractivity contribution < 1.29 is 17.9 Å². The Bertz CT molecular complexity index is 1340. The Hall–Kier alpha value is -3.24. The van der Waals surface area contributed by atoms with Crippen LogP contribution in [-0.2, 0) is 11.8 Å². The lowest BCUT2D eigenvalue weighted by molar-refractivity contribution is -0.0158. The predicted octanol–water partition coefficient (Wildman–Crippen LogP) is 3.72. The number of hydrogen-bond acceptors (Lipinski definition) is 6. The molecule has 2 aromatic heterocycles. The van der Waals surface area contributed by atoms with Crippen molar-refractivity contribution in [2.24, 2.45) is 7.05 Å². The number of halogens is 3. The summed E-state index contributed by atoms with van der Waals surface area (Å²) in [5.74, 6) is -0.567. The third kappa shape index (κ3) is 3.97. The van der Waals surface area contributed by atoms with Crippen LogP contribution in [0, 0.1) is 5.82 Å². The fraction of sp³-hybridized carbons (Fsp3) is 0.375. The molecule has 2 aliphatic rings. The first-order chi connectivity index (χ1) is 16.3. The van der Waals surface area contributed by atoms with Crippen LogP contribution in [0.2, 0.25) is 0 Å². The summed E-state index contributed by atoms with van der Waals surface area (Å²) in [6, 6.07) is 5.03. The Morgan fingerprint density at radius 2 is 2.03 bits per heavy atom. The second-order valence-corrected chi connectivity index (χ2v) is 8.65. The molecule has 2 N–H and O–H groups in total. The van der Waals surface area contributed by atoms with Crippen LogP contribution < -0.4 is 16.2 Å². The highest BCUT2D eigenvalue weighted by molar-refractivity contribution is 5.89. The van der Waals surface area contributed by atoms with Crippen molar-refractivity contribution in [3.8, 4) is 0 Å². The van der Waals surface area contributed by atoms with Gasteiger partial charge < -0.3 is 15.4 Å². The van der Waals surface area contributed by atoms with Gasteiger partial charge in [0, 0.05) is 37.7 Å². The number of pyridine rings is 1. The van der Waals surface area contributed by atoms with Gasteiger partial charge in [0.2, 0.25) is 0 Å². The van der Waals surface area contributed by atoms with Gasteiger partial charge in [0.25, 0.3) is 12.0 Å². The average Bonchev–Trinajstić information content (AvgIpc) is 2.81. The van der Waals surface area contributed by atoms with Crippen molar-refractivity contribution in [3.63, 3.8) is 0 Å². The lowest BCUT2D eigenvalue weighted by Crippen LogP contribution is -2.46. The molecule has 0 saturated carbocycles. The van der Waals surface area contributed by atoms with Crippen molar-refractivity contribution in [2.75, 3.05) is 18.4 Å². The maximum Gasteiger partial charge on any atom is 0.266 e. The van der Waals surface area contributed by atoms with Gasteiger partial charge in [-0.25, -0.2) is 23.1 Å². The zero-order valence-electron chi connectivity index (χ0n) is 18.7. The molecule has 0 amide bonds. The lowest BCUT2D eigenvalue weighted by atomic mass is 9.94. The Morgan fingerprint density at radius 3 is 2.79 bits per heavy atom. The van der Waals surface area contributed by atoms with E-state index in [-0.39, 0.29) is 23.3 Å². The predicted molar refractivity (Wildman–Crippen MR) is 122 cm³/mol. The fourth-order valence-electron chi connectivity index (χ4n) is 4.65. The molecular formula is C24H24F3N5O2. The molecule has 0 radical (unpaired) electrons. The summed E-state index contributed by atoms with van der Waals surface area (Å²) >= 11 is 0. The molecule has 5 rings (SSSR count). The standard InChI is InChI=1S/C24H24F3N5O2/c1-12(16-4-3-5-17(20(16)25)21(26)27)31-22-19-8-18(24(33)32(2)23(19)30-11-29-22)13-6-14-9-28-10-15(7-13)34-14/h3-6,8,11-12,14-15,21,28H,7,9-10H2,1-2H3,(H,29,30,31)/t12-,14-,15+/m1/s1. The molecule has 34 heavy (non-hydrogen) atoms. The summed E-state index contributed by atoms with van der Waals surface area (Å²) in [4.78, 5) is 21.7. The largest absolute Gasteiger partial charge is 0.368 e. The summed E-state index contributed by atoms with van der Waals surface area (Å²) in [5.41, 5.74) is 1.13. The van der Waals surface area contributed by atoms with Gasteiger partial charge in [0.15, 0.2) is 0 Å². The van der Waals surface area contributed by atoms with Gasteiger partial charge >= 0.3 is 0 Å². The molecular weight excluding hydrogens is 447 g/mol. The molecule has 1 aromatic carbocycles. The van der Waals surface area contributed by atoms with Crippen LogP contribution >= 0.6 is 0 Å². The second kappa shape index (κ2) is 8.84. The Morgan fingerprint density at radius 1 is 1.24 bits per heavy atom. The van der Waals surface area contributed by atoms with E-state index in [4.69, 9.17) is 4.74 Å². The molecule has 3 aromatic rings. The lowest BCUT2D eigenvalue weighted by Gasteiger charge is -2.34. The molecule has 2 bridgehead atoms. The Labute approximate surface area is 193 Å². The molecule has 1 fully saturated rings. The van der Waals surface area contributed by atoms with Crippen LogP contribution in [0.3, 0.4) is 0 Å². The van der Waals surface area contributed by atoms with Gasteiger partial charge in [-0.1, -0.05) is 24.3 Å². The van der Waals surface area contributed by atoms with E-state index in [1.807, 2.05) is 6.08 Å². The SMILES string of the molecule is C[C@@H](Nc1ncnc2c1cc(C1=C[C@@H]3CNC[C@H](C1)O3)c(=O)n2C)c1cccc(C(F)F)c1F. The van der Waals surface area contributed by atoms with Crippen LogP contribution in [0.15, 0.2) is 41.5 Å². The van der Waals surface area contributed by atoms with Crippen molar-refractivity contribution in [2.45, 2.75) is 38.0 Å². The number of morpholine rings is 1. The van der Waals surface area contributed by atoms with Crippen molar-refractivity contribution in [1.82, 2.24) is 19.9 Å². The number of aromatic nitrogens is 3. The van der Waals surface area contributed by atoms with E-state index in [1.165, 1.54) is 23.0 Å². The molecule has 0 aliphatic carbocycles. The van der Waals surface area contributed by atoms with Gasteiger partial charge in [-0.3, -0.25) is 9.36 Å². The number of benzene rings is 1. The molecule has 10 heteroatoms. The Kier molecular flexibility index (Phi) is 5.86. The number of anilines is 1. The zero-order chi connectivity index (χ0) is 24.0. The van der Waals surface area contributed by atoms with Crippen LogP contribution in [-0.4, -0.2) is 39.8 Å². The molecule has 4 heterocycles. The van der Waals surface area contributed by atoms with Crippen LogP contribution in [0.1, 0.15) is 42.5 Å². The van der Waals surface area contributed by atoms with E-state index in [1.54, 1.807) is 20.0 Å². The van der Waals surface area contributed by atoms with Crippen molar-refractivity contribution in [3.05, 3.63) is 69.5 Å². The number of fused-ring (bicyclic) bond motifs is 3. The number of rotatable bonds is 5. The number of hydrogen-bond donors (Lipinski definition) is 2. The third-order valence-electron chi connectivity index (χ3n) is 6.38. The van der Waals surface area contributed by atoms with E-state index < -0.39 is 23.8 Å². The van der Waals surface area contributed by atoms with E-state index in [9.17, 15) is 18.0 Å². The molecule has 178 valence electrons. The van der Waals surface area contributed by atoms with Gasteiger partial charge in [0.1, 0.15) is 23.6 Å². The highest BCUT2D eigenvalue weighted by Crippen LogP contribution is 2.32. The normalized spacial score (nSPS) is 20.9. The second-order valence-electron chi connectivity index (χ2n) is 8.65. The highest BCUT2D eigenvalue weighted by Gasteiger charge is 2.29. The van der Waals surface area contributed by atoms with Gasteiger partial charge in [-0.15, -0.1) is 0 Å². The number of alkyl halides is 2. The van der Waals surface area contributed by atoms with Crippen molar-refractivity contribution in [1.29, 1.82) is 0 Å². The number of nitrogens with one attached hydrogen (secondary N) is 2. The monoisotopic (exact) mass is 471 g/mol. The average molecular weight is 471 g/mol. The quantitative estimate of drug-likeness (QED) is 0.591. The highest BCUT2D eigenvalue weighted by atomic mass is 19.3. The minimum atomic E-state index is -2.91. The van der Waals surface area contributed by atoms with E-state index in [2.05, 4.69) is 20.6 Å². The first-order valence-corrected chi connectivity index (χ1v) is 11.1. The van der Waals surface area contributed by atoms with E-state index in [0.717, 1.165) is 18.2 Å². The van der Waals surface area contributed by atoms with Crippen LogP contribution in [0.5, 0.6) is 0 Å². The minimum Gasteiger partial charge on any atom is -0.368 e. The molecule has 0 spiro atoms. The molecule has 7 nitrogen and oxygen atoms in total. The number of nitrogens with zero attached hydrogens (tertiary/aromatic N) is 3. The van der Waals surface area contributed by atoms with Crippen molar-refractivity contribution >= 4 is 22.4 Å². The number of ether oxygens (including phenoxy) is 1. The summed E-state index contributed by atoms with van der Waals surface area (Å²) in [6.45, 7) is 3.07. The van der Waals surface area contributed by atoms with Gasteiger partial charge in [0.05, 0.1) is 29.2 Å². The van der Waals surface area contributed by atoms with E-state index in [0.29, 0.717) is 35.4 Å². The number of aryl methyl sites for hydroxylation is 1. The summed E-state index contributed by atoms with van der Waals surface area (Å²) < 4.78 is 48.4. The Balaban J connectivity index is 1.56.